The van der Waals surface area contributed by atoms with Gasteiger partial charge in [-0.15, -0.1) is 0 Å². The Labute approximate surface area is 499 Å². The molecule has 2 aliphatic heterocycles. The third-order valence-electron chi connectivity index (χ3n) is 13.9. The predicted molar refractivity (Wildman–Crippen MR) is 336 cm³/mol. The summed E-state index contributed by atoms with van der Waals surface area (Å²) >= 11 is 0. The average Bonchev–Trinajstić information content (AvgIpc) is 3.58. The molecule has 0 aromatic carbocycles. The van der Waals surface area contributed by atoms with Crippen molar-refractivity contribution >= 4 is 5.91 Å². The van der Waals surface area contributed by atoms with E-state index in [-0.39, 0.29) is 18.9 Å². The first kappa shape index (κ1) is 74.7. The lowest BCUT2D eigenvalue weighted by Crippen LogP contribution is -2.65. The fourth-order valence-electron chi connectivity index (χ4n) is 8.96. The van der Waals surface area contributed by atoms with E-state index in [2.05, 4.69) is 165 Å². The number of ether oxygens (including phenoxy) is 4. The van der Waals surface area contributed by atoms with Gasteiger partial charge in [0.25, 0.3) is 0 Å². The van der Waals surface area contributed by atoms with Crippen LogP contribution in [0.4, 0.5) is 0 Å². The maximum atomic E-state index is 13.2. The summed E-state index contributed by atoms with van der Waals surface area (Å²) in [5.74, 6) is -0.290. The zero-order valence-electron chi connectivity index (χ0n) is 50.4. The van der Waals surface area contributed by atoms with Gasteiger partial charge in [-0.1, -0.05) is 210 Å². The summed E-state index contributed by atoms with van der Waals surface area (Å²) < 4.78 is 22.7. The molecule has 0 bridgehead atoms. The number of carbonyl (C=O) groups excluding carboxylic acids is 1. The Balaban J connectivity index is 1.69. The molecule has 0 aromatic rings. The molecule has 2 saturated heterocycles. The lowest BCUT2D eigenvalue weighted by Gasteiger charge is -2.46. The Morgan fingerprint density at radius 3 is 1.33 bits per heavy atom. The molecule has 1 amide bonds. The molecule has 0 aromatic heterocycles. The van der Waals surface area contributed by atoms with Crippen molar-refractivity contribution in [3.8, 4) is 0 Å². The van der Waals surface area contributed by atoms with Crippen LogP contribution in [0, 0.1) is 0 Å². The van der Waals surface area contributed by atoms with Gasteiger partial charge < -0.3 is 65.1 Å². The minimum Gasteiger partial charge on any atom is -0.394 e. The van der Waals surface area contributed by atoms with Crippen molar-refractivity contribution in [3.63, 3.8) is 0 Å². The largest absolute Gasteiger partial charge is 0.394 e. The summed E-state index contributed by atoms with van der Waals surface area (Å²) in [7, 11) is 0. The number of allylic oxidation sites excluding steroid dienone is 25. The lowest BCUT2D eigenvalue weighted by atomic mass is 9.97. The van der Waals surface area contributed by atoms with Crippen molar-refractivity contribution in [2.45, 2.75) is 248 Å². The predicted octanol–water partition coefficient (Wildman–Crippen LogP) is 11.5. The third kappa shape index (κ3) is 36.9. The standard InChI is InChI=1S/C69H109NO13/c1-3-5-7-9-11-13-15-17-18-19-20-21-22-23-24-25-26-27-28-29-30-31-32-33-34-35-36-37-38-39-40-41-43-45-47-49-51-53-61(74)70-57(58(73)52-50-48-46-44-42-16-14-12-10-8-6-4-2)56-80-68-66(79)64(77)67(60(55-72)82-68)83-69-65(78)63(76)62(75)59(54-71)81-69/h5,7,11,13,17-18,20-21,23-24,26-27,29-30,32-33,35-36,38-39,41-44,50,52,57-60,62-69,71-73,75-79H,3-4,6,8-10,12,14-16,19,22,25,28,31,34,37,40,45-49,51,53-56H2,1-2H3,(H,70,74)/b7-5-,13-11-,18-17-,21-20-,24-23-,27-26-,30-29-,33-32-,36-35-,39-38-,43-41-,44-42+,52-50+. The lowest BCUT2D eigenvalue weighted by molar-refractivity contribution is -0.359. The number of amides is 1. The number of hydrogen-bond donors (Lipinski definition) is 9. The maximum absolute atomic E-state index is 13.2. The van der Waals surface area contributed by atoms with E-state index in [0.717, 1.165) is 103 Å². The molecule has 12 unspecified atom stereocenters. The molecule has 2 aliphatic rings. The van der Waals surface area contributed by atoms with Gasteiger partial charge in [0.05, 0.1) is 32.0 Å². The Morgan fingerprint density at radius 1 is 0.446 bits per heavy atom. The highest BCUT2D eigenvalue weighted by molar-refractivity contribution is 5.76. The van der Waals surface area contributed by atoms with Crippen molar-refractivity contribution in [1.82, 2.24) is 5.32 Å². The van der Waals surface area contributed by atoms with Crippen LogP contribution in [0.25, 0.3) is 0 Å². The Hall–Kier alpha value is -4.39. The number of hydrogen-bond acceptors (Lipinski definition) is 13. The first-order valence-electron chi connectivity index (χ1n) is 31.2. The van der Waals surface area contributed by atoms with E-state index in [1.807, 2.05) is 6.08 Å². The normalized spacial score (nSPS) is 24.9. The van der Waals surface area contributed by atoms with E-state index in [4.69, 9.17) is 18.9 Å². The second-order valence-corrected chi connectivity index (χ2v) is 21.1. The van der Waals surface area contributed by atoms with Gasteiger partial charge in [0.2, 0.25) is 5.91 Å². The van der Waals surface area contributed by atoms with Crippen LogP contribution in [0.5, 0.6) is 0 Å². The molecular formula is C69H109NO13. The number of aliphatic hydroxyl groups is 8. The Bertz CT molecular complexity index is 2000. The van der Waals surface area contributed by atoms with Crippen LogP contribution in [0.3, 0.4) is 0 Å². The summed E-state index contributed by atoms with van der Waals surface area (Å²) in [5.41, 5.74) is 0. The van der Waals surface area contributed by atoms with Crippen LogP contribution in [-0.4, -0.2) is 140 Å². The summed E-state index contributed by atoms with van der Waals surface area (Å²) in [6, 6.07) is -0.961. The number of nitrogens with one attached hydrogen (secondary N) is 1. The molecule has 14 nitrogen and oxygen atoms in total. The van der Waals surface area contributed by atoms with E-state index >= 15 is 0 Å². The van der Waals surface area contributed by atoms with Crippen LogP contribution in [0.1, 0.15) is 174 Å². The summed E-state index contributed by atoms with van der Waals surface area (Å²) in [4.78, 5) is 13.2. The topological polar surface area (TPSA) is 228 Å². The molecule has 0 radical (unpaired) electrons. The monoisotopic (exact) mass is 1160 g/mol. The molecule has 2 fully saturated rings. The van der Waals surface area contributed by atoms with Crippen molar-refractivity contribution < 1.29 is 64.6 Å². The van der Waals surface area contributed by atoms with E-state index < -0.39 is 86.8 Å². The van der Waals surface area contributed by atoms with Gasteiger partial charge in [-0.25, -0.2) is 0 Å². The zero-order chi connectivity index (χ0) is 60.2. The van der Waals surface area contributed by atoms with E-state index in [1.54, 1.807) is 6.08 Å². The van der Waals surface area contributed by atoms with Crippen LogP contribution in [-0.2, 0) is 23.7 Å². The summed E-state index contributed by atoms with van der Waals surface area (Å²) in [6.45, 7) is 2.58. The second-order valence-electron chi connectivity index (χ2n) is 21.1. The molecule has 83 heavy (non-hydrogen) atoms. The number of aliphatic hydroxyl groups excluding tert-OH is 8. The molecule has 0 aliphatic carbocycles. The fourth-order valence-corrected chi connectivity index (χ4v) is 8.96. The molecule has 0 saturated carbocycles. The SMILES string of the molecule is CC/C=C\C/C=C\C/C=C\C/C=C\C/C=C\C/C=C\C/C=C\C/C=C\C/C=C\C/C=C\C/C=C\CCCCCC(=O)NC(COC1OC(CO)C(OC2OC(CO)C(O)C(O)C2O)C(O)C1O)C(O)/C=C/CC/C=C/CCCCCCCC. The minimum atomic E-state index is -1.80. The van der Waals surface area contributed by atoms with Crippen molar-refractivity contribution in [1.29, 1.82) is 0 Å². The molecule has 14 heteroatoms. The zero-order valence-corrected chi connectivity index (χ0v) is 50.4. The van der Waals surface area contributed by atoms with Gasteiger partial charge in [0, 0.05) is 6.42 Å². The molecule has 9 N–H and O–H groups in total. The van der Waals surface area contributed by atoms with Crippen LogP contribution >= 0.6 is 0 Å². The molecule has 468 valence electrons. The Kier molecular flexibility index (Phi) is 46.8. The van der Waals surface area contributed by atoms with Gasteiger partial charge >= 0.3 is 0 Å². The van der Waals surface area contributed by atoms with Crippen LogP contribution in [0.2, 0.25) is 0 Å². The number of rotatable bonds is 47. The molecule has 2 rings (SSSR count). The first-order chi connectivity index (χ1) is 40.6. The minimum absolute atomic E-state index is 0.222. The highest BCUT2D eigenvalue weighted by atomic mass is 16.7. The van der Waals surface area contributed by atoms with Gasteiger partial charge in [-0.05, 0) is 116 Å². The number of carbonyl (C=O) groups is 1. The molecule has 12 atom stereocenters. The highest BCUT2D eigenvalue weighted by Gasteiger charge is 2.51. The van der Waals surface area contributed by atoms with Crippen molar-refractivity contribution in [3.05, 3.63) is 158 Å². The van der Waals surface area contributed by atoms with Crippen LogP contribution in [0.15, 0.2) is 158 Å². The van der Waals surface area contributed by atoms with Gasteiger partial charge in [-0.3, -0.25) is 4.79 Å². The third-order valence-corrected chi connectivity index (χ3v) is 13.9. The first-order valence-corrected chi connectivity index (χ1v) is 31.2. The van der Waals surface area contributed by atoms with Gasteiger partial charge in [0.1, 0.15) is 48.8 Å². The highest BCUT2D eigenvalue weighted by Crippen LogP contribution is 2.30. The molecular weight excluding hydrogens is 1050 g/mol. The molecule has 2 heterocycles. The maximum Gasteiger partial charge on any atom is 0.220 e. The van der Waals surface area contributed by atoms with Crippen LogP contribution < -0.4 is 5.32 Å². The quantitative estimate of drug-likeness (QED) is 0.0204. The Morgan fingerprint density at radius 2 is 0.843 bits per heavy atom. The smallest absolute Gasteiger partial charge is 0.220 e. The van der Waals surface area contributed by atoms with Gasteiger partial charge in [-0.2, -0.15) is 0 Å². The van der Waals surface area contributed by atoms with E-state index in [1.165, 1.54) is 38.5 Å². The van der Waals surface area contributed by atoms with E-state index in [9.17, 15) is 45.6 Å². The summed E-state index contributed by atoms with van der Waals surface area (Å²) in [6.07, 6.45) is 63.0. The second kappa shape index (κ2) is 52.0. The van der Waals surface area contributed by atoms with Crippen molar-refractivity contribution in [2.24, 2.45) is 0 Å². The fraction of sp³-hybridized carbons (Fsp3) is 0.609. The van der Waals surface area contributed by atoms with Gasteiger partial charge in [0.15, 0.2) is 12.6 Å². The van der Waals surface area contributed by atoms with E-state index in [0.29, 0.717) is 12.8 Å². The molecule has 0 spiro atoms. The van der Waals surface area contributed by atoms with Crippen molar-refractivity contribution in [2.75, 3.05) is 19.8 Å². The average molecular weight is 1160 g/mol. The summed E-state index contributed by atoms with van der Waals surface area (Å²) in [5, 5.41) is 86.9. The number of unbranched alkanes of at least 4 members (excludes halogenated alkanes) is 10.